The van der Waals surface area contributed by atoms with Gasteiger partial charge in [-0.1, -0.05) is 41.9 Å². The summed E-state index contributed by atoms with van der Waals surface area (Å²) >= 11 is 6.19. The predicted molar refractivity (Wildman–Crippen MR) is 135 cm³/mol. The van der Waals surface area contributed by atoms with Crippen LogP contribution in [0.15, 0.2) is 71.6 Å². The second kappa shape index (κ2) is 11.9. The van der Waals surface area contributed by atoms with Crippen LogP contribution in [0.1, 0.15) is 12.5 Å². The van der Waals surface area contributed by atoms with E-state index in [4.69, 9.17) is 25.8 Å². The van der Waals surface area contributed by atoms with E-state index in [-0.39, 0.29) is 16.3 Å². The summed E-state index contributed by atoms with van der Waals surface area (Å²) in [7, 11) is -1.10. The van der Waals surface area contributed by atoms with Crippen LogP contribution in [0.25, 0.3) is 0 Å². The molecule has 0 saturated heterocycles. The highest BCUT2D eigenvalue weighted by atomic mass is 35.5. The van der Waals surface area contributed by atoms with Crippen LogP contribution in [-0.2, 0) is 21.2 Å². The molecular weight excluding hydrogens is 492 g/mol. The third-order valence-electron chi connectivity index (χ3n) is 5.06. The van der Waals surface area contributed by atoms with Crippen LogP contribution in [0.2, 0.25) is 5.02 Å². The van der Waals surface area contributed by atoms with Gasteiger partial charge in [-0.2, -0.15) is 4.72 Å². The first-order valence-electron chi connectivity index (χ1n) is 10.8. The number of methoxy groups -OCH3 is 2. The Morgan fingerprint density at radius 2 is 1.63 bits per heavy atom. The Morgan fingerprint density at radius 3 is 2.26 bits per heavy atom. The van der Waals surface area contributed by atoms with Crippen molar-refractivity contribution in [1.29, 1.82) is 0 Å². The lowest BCUT2D eigenvalue weighted by Crippen LogP contribution is -2.45. The molecule has 10 heteroatoms. The van der Waals surface area contributed by atoms with Crippen molar-refractivity contribution in [2.24, 2.45) is 0 Å². The first-order chi connectivity index (χ1) is 16.8. The Kier molecular flexibility index (Phi) is 8.97. The van der Waals surface area contributed by atoms with E-state index in [1.54, 1.807) is 25.1 Å². The lowest BCUT2D eigenvalue weighted by atomic mass is 10.1. The molecule has 186 valence electrons. The Hall–Kier alpha value is -3.27. The number of carbonyl (C=O) groups excluding carboxylic acids is 1. The third kappa shape index (κ3) is 6.88. The van der Waals surface area contributed by atoms with Crippen LogP contribution in [0.5, 0.6) is 17.2 Å². The fraction of sp³-hybridized carbons (Fsp3) is 0.240. The van der Waals surface area contributed by atoms with Crippen LogP contribution in [0.3, 0.4) is 0 Å². The zero-order valence-electron chi connectivity index (χ0n) is 19.6. The fourth-order valence-corrected chi connectivity index (χ4v) is 4.88. The van der Waals surface area contributed by atoms with E-state index in [1.165, 1.54) is 32.4 Å². The van der Waals surface area contributed by atoms with Gasteiger partial charge in [-0.3, -0.25) is 4.79 Å². The van der Waals surface area contributed by atoms with Gasteiger partial charge in [0.2, 0.25) is 15.9 Å². The number of carbonyl (C=O) groups is 1. The number of ether oxygens (including phenoxy) is 3. The molecule has 3 aromatic carbocycles. The maximum absolute atomic E-state index is 13.2. The maximum atomic E-state index is 13.2. The summed E-state index contributed by atoms with van der Waals surface area (Å²) in [6, 6.07) is 17.0. The average Bonchev–Trinajstić information content (AvgIpc) is 2.85. The third-order valence-corrected chi connectivity index (χ3v) is 6.83. The smallest absolute Gasteiger partial charge is 0.242 e. The molecule has 1 atom stereocenters. The normalized spacial score (nSPS) is 12.0. The maximum Gasteiger partial charge on any atom is 0.242 e. The standard InChI is InChI=1S/C25H27ClN2O6S/c1-4-34-22-13-11-19(16-20(22)26)35(30,31)28-21(14-17-8-6-5-7-9-17)25(29)27-18-10-12-23(32-2)24(15-18)33-3/h5-13,15-16,21,28H,4,14H2,1-3H3,(H,27,29)/t21-/m0/s1. The zero-order valence-corrected chi connectivity index (χ0v) is 21.2. The van der Waals surface area contributed by atoms with Gasteiger partial charge in [0.05, 0.1) is 30.7 Å². The molecule has 1 amide bonds. The molecule has 0 aromatic heterocycles. The van der Waals surface area contributed by atoms with E-state index in [0.717, 1.165) is 5.56 Å². The molecule has 0 aliphatic rings. The van der Waals surface area contributed by atoms with E-state index in [0.29, 0.717) is 29.5 Å². The van der Waals surface area contributed by atoms with E-state index in [9.17, 15) is 13.2 Å². The van der Waals surface area contributed by atoms with Crippen molar-refractivity contribution >= 4 is 33.2 Å². The Labute approximate surface area is 210 Å². The molecule has 3 rings (SSSR count). The van der Waals surface area contributed by atoms with Crippen LogP contribution in [0, 0.1) is 0 Å². The van der Waals surface area contributed by atoms with Crippen molar-refractivity contribution in [2.75, 3.05) is 26.1 Å². The highest BCUT2D eigenvalue weighted by Gasteiger charge is 2.27. The zero-order chi connectivity index (χ0) is 25.4. The number of amides is 1. The number of anilines is 1. The van der Waals surface area contributed by atoms with Crippen molar-refractivity contribution in [3.8, 4) is 17.2 Å². The summed E-state index contributed by atoms with van der Waals surface area (Å²) in [4.78, 5) is 13.1. The van der Waals surface area contributed by atoms with Gasteiger partial charge in [-0.05, 0) is 49.2 Å². The molecule has 0 aliphatic carbocycles. The molecule has 0 spiro atoms. The summed E-state index contributed by atoms with van der Waals surface area (Å²) in [6.45, 7) is 2.19. The number of benzene rings is 3. The minimum atomic E-state index is -4.09. The molecule has 8 nitrogen and oxygen atoms in total. The molecule has 2 N–H and O–H groups in total. The second-order valence-corrected chi connectivity index (χ2v) is 9.57. The van der Waals surface area contributed by atoms with Gasteiger partial charge in [0.15, 0.2) is 11.5 Å². The Morgan fingerprint density at radius 1 is 0.943 bits per heavy atom. The molecule has 0 radical (unpaired) electrons. The van der Waals surface area contributed by atoms with Gasteiger partial charge < -0.3 is 19.5 Å². The number of rotatable bonds is 11. The summed E-state index contributed by atoms with van der Waals surface area (Å²) in [5, 5.41) is 2.91. The Balaban J connectivity index is 1.88. The SMILES string of the molecule is CCOc1ccc(S(=O)(=O)N[C@@H](Cc2ccccc2)C(=O)Nc2ccc(OC)c(OC)c2)cc1Cl. The number of nitrogens with one attached hydrogen (secondary N) is 2. The lowest BCUT2D eigenvalue weighted by molar-refractivity contribution is -0.117. The van der Waals surface area contributed by atoms with Crippen molar-refractivity contribution in [1.82, 2.24) is 4.72 Å². The first kappa shape index (κ1) is 26.3. The largest absolute Gasteiger partial charge is 0.493 e. The van der Waals surface area contributed by atoms with E-state index >= 15 is 0 Å². The van der Waals surface area contributed by atoms with Crippen molar-refractivity contribution in [3.05, 3.63) is 77.3 Å². The van der Waals surface area contributed by atoms with Crippen molar-refractivity contribution in [3.63, 3.8) is 0 Å². The van der Waals surface area contributed by atoms with Crippen molar-refractivity contribution in [2.45, 2.75) is 24.3 Å². The summed E-state index contributed by atoms with van der Waals surface area (Å²) in [6.07, 6.45) is 0.129. The Bertz CT molecular complexity index is 1270. The minimum absolute atomic E-state index is 0.0806. The average molecular weight is 519 g/mol. The van der Waals surface area contributed by atoms with Crippen LogP contribution in [-0.4, -0.2) is 41.2 Å². The number of halogens is 1. The van der Waals surface area contributed by atoms with Gasteiger partial charge in [-0.25, -0.2) is 8.42 Å². The number of sulfonamides is 1. The van der Waals surface area contributed by atoms with E-state index in [2.05, 4.69) is 10.0 Å². The van der Waals surface area contributed by atoms with Gasteiger partial charge in [0, 0.05) is 11.8 Å². The van der Waals surface area contributed by atoms with Gasteiger partial charge >= 0.3 is 0 Å². The molecule has 0 aliphatic heterocycles. The highest BCUT2D eigenvalue weighted by molar-refractivity contribution is 7.89. The van der Waals surface area contributed by atoms with Crippen molar-refractivity contribution < 1.29 is 27.4 Å². The van der Waals surface area contributed by atoms with E-state index < -0.39 is 22.0 Å². The predicted octanol–water partition coefficient (Wildman–Crippen LogP) is 4.28. The molecule has 3 aromatic rings. The van der Waals surface area contributed by atoms with Gasteiger partial charge in [0.1, 0.15) is 11.8 Å². The summed E-state index contributed by atoms with van der Waals surface area (Å²) in [5.74, 6) is 0.760. The first-order valence-corrected chi connectivity index (χ1v) is 12.6. The highest BCUT2D eigenvalue weighted by Crippen LogP contribution is 2.30. The quantitative estimate of drug-likeness (QED) is 0.392. The van der Waals surface area contributed by atoms with Gasteiger partial charge in [0.25, 0.3) is 0 Å². The number of hydrogen-bond donors (Lipinski definition) is 2. The van der Waals surface area contributed by atoms with Crippen LogP contribution in [0.4, 0.5) is 5.69 Å². The molecule has 0 bridgehead atoms. The molecule has 0 fully saturated rings. The molecule has 0 heterocycles. The van der Waals surface area contributed by atoms with Crippen LogP contribution >= 0.6 is 11.6 Å². The number of hydrogen-bond acceptors (Lipinski definition) is 6. The van der Waals surface area contributed by atoms with Gasteiger partial charge in [-0.15, -0.1) is 0 Å². The monoisotopic (exact) mass is 518 g/mol. The molecule has 0 saturated carbocycles. The minimum Gasteiger partial charge on any atom is -0.493 e. The summed E-state index contributed by atoms with van der Waals surface area (Å²) < 4.78 is 44.7. The molecular formula is C25H27ClN2O6S. The summed E-state index contributed by atoms with van der Waals surface area (Å²) in [5.41, 5.74) is 1.21. The fourth-order valence-electron chi connectivity index (χ4n) is 3.36. The van der Waals surface area contributed by atoms with E-state index in [1.807, 2.05) is 30.3 Å². The topological polar surface area (TPSA) is 103 Å². The lowest BCUT2D eigenvalue weighted by Gasteiger charge is -2.20. The molecule has 0 unspecified atom stereocenters. The molecule has 35 heavy (non-hydrogen) atoms. The second-order valence-electron chi connectivity index (χ2n) is 7.45. The van der Waals surface area contributed by atoms with Crippen LogP contribution < -0.4 is 24.2 Å².